The number of hydrogen-bond donors (Lipinski definition) is 0. The van der Waals surface area contributed by atoms with Gasteiger partial charge in [-0.1, -0.05) is 0 Å². The molecule has 4 heteroatoms. The van der Waals surface area contributed by atoms with E-state index in [4.69, 9.17) is 11.6 Å². The molecule has 1 nitrogen and oxygen atoms in total. The third-order valence-electron chi connectivity index (χ3n) is 1.00. The number of rotatable bonds is 2. The first kappa shape index (κ1) is 8.11. The lowest BCUT2D eigenvalue weighted by Crippen LogP contribution is -1.81. The molecule has 1 aromatic rings. The topological polar surface area (TPSA) is 17.1 Å². The Morgan fingerprint density at radius 3 is 2.80 bits per heavy atom. The molecule has 0 spiro atoms. The maximum absolute atomic E-state index is 10.5. The van der Waals surface area contributed by atoms with Crippen molar-refractivity contribution in [3.63, 3.8) is 0 Å². The van der Waals surface area contributed by atoms with Gasteiger partial charge < -0.3 is 0 Å². The Kier molecular flexibility index (Phi) is 2.77. The normalized spacial score (nSPS) is 9.80. The summed E-state index contributed by atoms with van der Waals surface area (Å²) < 4.78 is 1.11. The zero-order chi connectivity index (χ0) is 7.56. The van der Waals surface area contributed by atoms with E-state index in [1.54, 1.807) is 23.2 Å². The third-order valence-corrected chi connectivity index (χ3v) is 3.25. The van der Waals surface area contributed by atoms with Gasteiger partial charge in [-0.05, 0) is 23.9 Å². The zero-order valence-electron chi connectivity index (χ0n) is 5.26. The number of thiophene rings is 1. The van der Waals surface area contributed by atoms with Crippen LogP contribution in [0, 0.1) is 0 Å². The molecule has 1 aromatic heterocycles. The van der Waals surface area contributed by atoms with Crippen molar-refractivity contribution in [2.24, 2.45) is 0 Å². The lowest BCUT2D eigenvalue weighted by atomic mass is 10.4. The molecule has 0 aliphatic heterocycles. The minimum absolute atomic E-state index is 0.378. The van der Waals surface area contributed by atoms with Crippen molar-refractivity contribution in [2.75, 3.05) is 6.26 Å². The second-order valence-corrected chi connectivity index (χ2v) is 3.99. The van der Waals surface area contributed by atoms with E-state index in [1.165, 1.54) is 11.3 Å². The summed E-state index contributed by atoms with van der Waals surface area (Å²) in [4.78, 5) is 10.5. The summed E-state index contributed by atoms with van der Waals surface area (Å²) in [5, 5.41) is 1.39. The molecule has 0 aromatic carbocycles. The maximum atomic E-state index is 10.5. The van der Waals surface area contributed by atoms with Crippen LogP contribution in [0.15, 0.2) is 15.7 Å². The van der Waals surface area contributed by atoms with Gasteiger partial charge in [0.25, 0.3) is 5.24 Å². The Morgan fingerprint density at radius 1 is 1.80 bits per heavy atom. The molecule has 1 rings (SSSR count). The third kappa shape index (κ3) is 1.75. The summed E-state index contributed by atoms with van der Waals surface area (Å²) >= 11 is 8.38. The molecule has 0 aliphatic carbocycles. The summed E-state index contributed by atoms with van der Waals surface area (Å²) in [5.41, 5.74) is 0.594. The van der Waals surface area contributed by atoms with Crippen LogP contribution in [0.25, 0.3) is 0 Å². The van der Waals surface area contributed by atoms with Gasteiger partial charge in [0, 0.05) is 10.9 Å². The minimum Gasteiger partial charge on any atom is -0.276 e. The highest BCUT2D eigenvalue weighted by Crippen LogP contribution is 2.24. The van der Waals surface area contributed by atoms with Crippen LogP contribution in [0.1, 0.15) is 10.4 Å². The summed E-state index contributed by atoms with van der Waals surface area (Å²) in [6, 6.07) is 1.80. The molecule has 54 valence electrons. The molecule has 0 aliphatic rings. The van der Waals surface area contributed by atoms with Gasteiger partial charge in [-0.15, -0.1) is 23.1 Å². The van der Waals surface area contributed by atoms with Crippen molar-refractivity contribution < 1.29 is 4.79 Å². The van der Waals surface area contributed by atoms with Crippen LogP contribution < -0.4 is 0 Å². The van der Waals surface area contributed by atoms with Crippen molar-refractivity contribution in [1.29, 1.82) is 0 Å². The van der Waals surface area contributed by atoms with Gasteiger partial charge in [0.05, 0.1) is 4.21 Å². The van der Waals surface area contributed by atoms with Crippen LogP contribution in [0.3, 0.4) is 0 Å². The molecule has 0 fully saturated rings. The van der Waals surface area contributed by atoms with Crippen LogP contribution in [0.2, 0.25) is 0 Å². The quantitative estimate of drug-likeness (QED) is 0.530. The molecule has 0 bridgehead atoms. The largest absolute Gasteiger partial charge is 0.276 e. The van der Waals surface area contributed by atoms with Gasteiger partial charge in [-0.25, -0.2) is 0 Å². The van der Waals surface area contributed by atoms with Gasteiger partial charge >= 0.3 is 0 Å². The van der Waals surface area contributed by atoms with Crippen molar-refractivity contribution >= 4 is 39.9 Å². The lowest BCUT2D eigenvalue weighted by molar-refractivity contribution is 0.108. The molecule has 0 saturated carbocycles. The van der Waals surface area contributed by atoms with Crippen LogP contribution in [0.4, 0.5) is 0 Å². The zero-order valence-corrected chi connectivity index (χ0v) is 7.65. The fourth-order valence-corrected chi connectivity index (χ4v) is 2.09. The van der Waals surface area contributed by atoms with E-state index in [9.17, 15) is 4.79 Å². The van der Waals surface area contributed by atoms with Gasteiger partial charge in [0.15, 0.2) is 0 Å². The first-order valence-corrected chi connectivity index (χ1v) is 5.04. The molecule has 10 heavy (non-hydrogen) atoms. The van der Waals surface area contributed by atoms with Crippen molar-refractivity contribution in [2.45, 2.75) is 4.21 Å². The fraction of sp³-hybridized carbons (Fsp3) is 0.167. The molecule has 0 unspecified atom stereocenters. The van der Waals surface area contributed by atoms with E-state index >= 15 is 0 Å². The first-order valence-electron chi connectivity index (χ1n) is 2.56. The van der Waals surface area contributed by atoms with Crippen molar-refractivity contribution in [3.8, 4) is 0 Å². The summed E-state index contributed by atoms with van der Waals surface area (Å²) in [5.74, 6) is 0. The molecule has 0 N–H and O–H groups in total. The second kappa shape index (κ2) is 3.42. The highest BCUT2D eigenvalue weighted by Gasteiger charge is 2.03. The smallest absolute Gasteiger partial charge is 0.253 e. The predicted octanol–water partition coefficient (Wildman–Crippen LogP) is 2.85. The Labute approximate surface area is 72.4 Å². The number of thioether (sulfide) groups is 1. The van der Waals surface area contributed by atoms with E-state index < -0.39 is 0 Å². The number of carbonyl (C=O) groups excluding carboxylic acids is 1. The minimum atomic E-state index is -0.378. The summed E-state index contributed by atoms with van der Waals surface area (Å²) in [6.07, 6.45) is 1.97. The highest BCUT2D eigenvalue weighted by molar-refractivity contribution is 8.00. The van der Waals surface area contributed by atoms with Crippen molar-refractivity contribution in [3.05, 3.63) is 17.0 Å². The van der Waals surface area contributed by atoms with E-state index in [-0.39, 0.29) is 5.24 Å². The maximum Gasteiger partial charge on any atom is 0.253 e. The second-order valence-electron chi connectivity index (χ2n) is 1.63. The Bertz CT molecular complexity index is 244. The molecular weight excluding hydrogens is 188 g/mol. The van der Waals surface area contributed by atoms with Gasteiger partial charge in [-0.2, -0.15) is 0 Å². The standard InChI is InChI=1S/C6H5ClOS2/c1-9-5-2-4(3-10-5)6(7)8/h2-3H,1H3. The SMILES string of the molecule is CSc1cc(C(=O)Cl)cs1. The fourth-order valence-electron chi connectivity index (χ4n) is 0.527. The molecule has 1 heterocycles. The molecular formula is C6H5ClOS2. The van der Waals surface area contributed by atoms with Crippen molar-refractivity contribution in [1.82, 2.24) is 0 Å². The van der Waals surface area contributed by atoms with E-state index in [1.807, 2.05) is 6.26 Å². The highest BCUT2D eigenvalue weighted by atomic mass is 35.5. The Balaban J connectivity index is 2.88. The average Bonchev–Trinajstić information content (AvgIpc) is 2.34. The molecule has 0 atom stereocenters. The van der Waals surface area contributed by atoms with Gasteiger partial charge in [0.1, 0.15) is 0 Å². The predicted molar refractivity (Wildman–Crippen MR) is 46.3 cm³/mol. The van der Waals surface area contributed by atoms with Gasteiger partial charge in [0.2, 0.25) is 0 Å². The molecule has 0 radical (unpaired) electrons. The number of hydrogen-bond acceptors (Lipinski definition) is 3. The lowest BCUT2D eigenvalue weighted by Gasteiger charge is -1.81. The average molecular weight is 193 g/mol. The first-order chi connectivity index (χ1) is 4.74. The van der Waals surface area contributed by atoms with Crippen LogP contribution in [0.5, 0.6) is 0 Å². The molecule has 0 saturated heterocycles. The van der Waals surface area contributed by atoms with E-state index in [0.29, 0.717) is 5.56 Å². The number of carbonyl (C=O) groups is 1. The van der Waals surface area contributed by atoms with Gasteiger partial charge in [-0.3, -0.25) is 4.79 Å². The summed E-state index contributed by atoms with van der Waals surface area (Å²) in [6.45, 7) is 0. The Hall–Kier alpha value is 0.01000. The van der Waals surface area contributed by atoms with E-state index in [0.717, 1.165) is 4.21 Å². The number of halogens is 1. The monoisotopic (exact) mass is 192 g/mol. The van der Waals surface area contributed by atoms with Crippen LogP contribution in [-0.2, 0) is 0 Å². The Morgan fingerprint density at radius 2 is 2.50 bits per heavy atom. The summed E-state index contributed by atoms with van der Waals surface area (Å²) in [7, 11) is 0. The van der Waals surface area contributed by atoms with Crippen LogP contribution in [-0.4, -0.2) is 11.5 Å². The van der Waals surface area contributed by atoms with Crippen LogP contribution >= 0.6 is 34.7 Å². The van der Waals surface area contributed by atoms with E-state index in [2.05, 4.69) is 0 Å². The molecule has 0 amide bonds.